The van der Waals surface area contributed by atoms with Crippen molar-refractivity contribution in [3.63, 3.8) is 0 Å². The first kappa shape index (κ1) is 23.4. The molecule has 0 atom stereocenters. The van der Waals surface area contributed by atoms with Gasteiger partial charge in [0.15, 0.2) is 0 Å². The van der Waals surface area contributed by atoms with E-state index in [0.29, 0.717) is 34.6 Å². The Hall–Kier alpha value is -3.76. The van der Waals surface area contributed by atoms with Crippen LogP contribution < -0.4 is 0 Å². The number of rotatable bonds is 3. The molecular formula is C23H17F6N3O2. The highest BCUT2D eigenvalue weighted by atomic mass is 19.4. The minimum atomic E-state index is -4.52. The number of halogens is 6. The van der Waals surface area contributed by atoms with Crippen molar-refractivity contribution in [2.45, 2.75) is 18.8 Å². The van der Waals surface area contributed by atoms with E-state index in [0.717, 1.165) is 24.3 Å². The number of imidazole rings is 1. The van der Waals surface area contributed by atoms with E-state index in [2.05, 4.69) is 9.97 Å². The maximum Gasteiger partial charge on any atom is 0.416 e. The average molecular weight is 481 g/mol. The molecule has 11 heteroatoms. The van der Waals surface area contributed by atoms with Crippen molar-refractivity contribution in [2.75, 3.05) is 13.1 Å². The van der Waals surface area contributed by atoms with Crippen molar-refractivity contribution in [2.24, 2.45) is 0 Å². The minimum absolute atomic E-state index is 0.136. The third-order valence-electron chi connectivity index (χ3n) is 5.47. The first-order chi connectivity index (χ1) is 15.9. The normalized spacial score (nSPS) is 14.8. The van der Waals surface area contributed by atoms with Gasteiger partial charge in [0, 0.05) is 24.2 Å². The van der Waals surface area contributed by atoms with E-state index in [1.165, 1.54) is 29.2 Å². The maximum atomic E-state index is 13.0. The predicted molar refractivity (Wildman–Crippen MR) is 112 cm³/mol. The Balaban J connectivity index is 1.77. The summed E-state index contributed by atoms with van der Waals surface area (Å²) in [5.41, 5.74) is 0.334. The topological polar surface area (TPSA) is 69.2 Å². The second kappa shape index (κ2) is 8.54. The molecule has 0 saturated carbocycles. The summed E-state index contributed by atoms with van der Waals surface area (Å²) in [6.45, 7) is 0.365. The molecule has 1 aromatic heterocycles. The van der Waals surface area contributed by atoms with Gasteiger partial charge in [-0.1, -0.05) is 30.3 Å². The van der Waals surface area contributed by atoms with Gasteiger partial charge in [0.05, 0.1) is 22.5 Å². The number of hydrogen-bond acceptors (Lipinski definition) is 2. The third kappa shape index (κ3) is 4.78. The first-order valence-corrected chi connectivity index (χ1v) is 10.1. The molecule has 0 spiro atoms. The number of aromatic amines is 1. The lowest BCUT2D eigenvalue weighted by atomic mass is 10.0. The number of nitrogens with one attached hydrogen (secondary N) is 1. The number of hydrogen-bond donors (Lipinski definition) is 2. The fraction of sp³-hybridized carbons (Fsp3) is 0.217. The Labute approximate surface area is 189 Å². The van der Waals surface area contributed by atoms with Crippen molar-refractivity contribution in [3.05, 3.63) is 71.6 Å². The summed E-state index contributed by atoms with van der Waals surface area (Å²) < 4.78 is 77.8. The molecule has 2 heterocycles. The van der Waals surface area contributed by atoms with E-state index < -0.39 is 29.6 Å². The van der Waals surface area contributed by atoms with E-state index in [1.54, 1.807) is 6.08 Å². The molecule has 0 fully saturated rings. The number of alkyl halides is 6. The molecule has 3 aromatic rings. The molecule has 1 aliphatic heterocycles. The van der Waals surface area contributed by atoms with Gasteiger partial charge in [0.2, 0.25) is 0 Å². The summed E-state index contributed by atoms with van der Waals surface area (Å²) in [6, 6.07) is 8.66. The van der Waals surface area contributed by atoms with E-state index >= 15 is 0 Å². The molecular weight excluding hydrogens is 464 g/mol. The van der Waals surface area contributed by atoms with Crippen LogP contribution in [0.2, 0.25) is 0 Å². The molecule has 0 saturated heterocycles. The number of aromatic nitrogens is 2. The smallest absolute Gasteiger partial charge is 0.416 e. The number of amides is 1. The van der Waals surface area contributed by atoms with Crippen molar-refractivity contribution < 1.29 is 36.2 Å². The monoisotopic (exact) mass is 481 g/mol. The zero-order chi connectivity index (χ0) is 24.7. The lowest BCUT2D eigenvalue weighted by Crippen LogP contribution is -2.33. The van der Waals surface area contributed by atoms with Gasteiger partial charge in [-0.3, -0.25) is 0 Å². The van der Waals surface area contributed by atoms with Crippen molar-refractivity contribution >= 4 is 11.7 Å². The first-order valence-electron chi connectivity index (χ1n) is 10.1. The van der Waals surface area contributed by atoms with E-state index in [4.69, 9.17) is 5.11 Å². The lowest BCUT2D eigenvalue weighted by molar-refractivity contribution is -0.138. The van der Waals surface area contributed by atoms with Crippen LogP contribution in [0.4, 0.5) is 31.1 Å². The Morgan fingerprint density at radius 3 is 1.85 bits per heavy atom. The second-order valence-corrected chi connectivity index (χ2v) is 7.67. The maximum absolute atomic E-state index is 13.0. The minimum Gasteiger partial charge on any atom is -0.465 e. The summed E-state index contributed by atoms with van der Waals surface area (Å²) in [7, 11) is 0. The van der Waals surface area contributed by atoms with Crippen LogP contribution in [0.3, 0.4) is 0 Å². The molecule has 2 aromatic carbocycles. The molecule has 34 heavy (non-hydrogen) atoms. The average Bonchev–Trinajstić information content (AvgIpc) is 3.24. The number of H-pyrrole nitrogens is 1. The Kier molecular flexibility index (Phi) is 5.88. The Bertz CT molecular complexity index is 1150. The highest BCUT2D eigenvalue weighted by Gasteiger charge is 2.31. The fourth-order valence-corrected chi connectivity index (χ4v) is 3.64. The largest absolute Gasteiger partial charge is 0.465 e. The second-order valence-electron chi connectivity index (χ2n) is 7.67. The molecule has 0 aliphatic carbocycles. The van der Waals surface area contributed by atoms with E-state index in [1.807, 2.05) is 0 Å². The van der Waals surface area contributed by atoms with Gasteiger partial charge in [-0.25, -0.2) is 9.78 Å². The number of carbonyl (C=O) groups is 1. The molecule has 5 nitrogen and oxygen atoms in total. The molecule has 2 N–H and O–H groups in total. The summed E-state index contributed by atoms with van der Waals surface area (Å²) in [4.78, 5) is 19.9. The van der Waals surface area contributed by atoms with Gasteiger partial charge in [-0.2, -0.15) is 26.3 Å². The quantitative estimate of drug-likeness (QED) is 0.417. The predicted octanol–water partition coefficient (Wildman–Crippen LogP) is 6.55. The highest BCUT2D eigenvalue weighted by molar-refractivity contribution is 5.81. The van der Waals surface area contributed by atoms with Gasteiger partial charge in [0.25, 0.3) is 0 Å². The molecule has 0 bridgehead atoms. The van der Waals surface area contributed by atoms with E-state index in [-0.39, 0.29) is 18.8 Å². The van der Waals surface area contributed by atoms with Crippen LogP contribution in [0.25, 0.3) is 28.1 Å². The molecule has 1 aliphatic rings. The molecule has 178 valence electrons. The summed E-state index contributed by atoms with van der Waals surface area (Å²) >= 11 is 0. The van der Waals surface area contributed by atoms with Crippen LogP contribution in [0, 0.1) is 0 Å². The highest BCUT2D eigenvalue weighted by Crippen LogP contribution is 2.37. The third-order valence-corrected chi connectivity index (χ3v) is 5.47. The van der Waals surface area contributed by atoms with Gasteiger partial charge >= 0.3 is 18.4 Å². The van der Waals surface area contributed by atoms with Crippen molar-refractivity contribution in [1.82, 2.24) is 14.9 Å². The number of carboxylic acid groups (broad SMARTS) is 1. The Morgan fingerprint density at radius 1 is 0.882 bits per heavy atom. The molecule has 0 unspecified atom stereocenters. The Morgan fingerprint density at radius 2 is 1.41 bits per heavy atom. The fourth-order valence-electron chi connectivity index (χ4n) is 3.64. The standard InChI is InChI=1S/C23H17F6N3O2/c24-22(25,26)16-5-1-13(2-6-16)18-19(14-3-7-17(8-4-14)23(27,28)29)31-20(30-18)15-9-11-32(12-10-15)21(33)34/h1-9H,10-12H2,(H,30,31)(H,33,34). The molecule has 1 amide bonds. The van der Waals surface area contributed by atoms with Gasteiger partial charge < -0.3 is 15.0 Å². The van der Waals surface area contributed by atoms with Crippen molar-refractivity contribution in [3.8, 4) is 22.5 Å². The van der Waals surface area contributed by atoms with Crippen LogP contribution in [0.15, 0.2) is 54.6 Å². The summed E-state index contributed by atoms with van der Waals surface area (Å²) in [5, 5.41) is 9.11. The van der Waals surface area contributed by atoms with E-state index in [9.17, 15) is 31.1 Å². The SMILES string of the molecule is O=C(O)N1CC=C(c2nc(-c3ccc(C(F)(F)F)cc3)c(-c3ccc(C(F)(F)F)cc3)[nH]2)CC1. The zero-order valence-electron chi connectivity index (χ0n) is 17.3. The lowest BCUT2D eigenvalue weighted by Gasteiger charge is -2.22. The number of nitrogens with zero attached hydrogens (tertiary/aromatic N) is 2. The van der Waals surface area contributed by atoms with Gasteiger partial charge in [-0.05, 0) is 36.3 Å². The zero-order valence-corrected chi connectivity index (χ0v) is 17.3. The molecule has 4 rings (SSSR count). The summed E-state index contributed by atoms with van der Waals surface area (Å²) in [5.74, 6) is 0.370. The van der Waals surface area contributed by atoms with Crippen LogP contribution in [0.5, 0.6) is 0 Å². The number of benzene rings is 2. The van der Waals surface area contributed by atoms with Crippen molar-refractivity contribution in [1.29, 1.82) is 0 Å². The van der Waals surface area contributed by atoms with Gasteiger partial charge in [0.1, 0.15) is 5.82 Å². The van der Waals surface area contributed by atoms with Crippen LogP contribution in [0.1, 0.15) is 23.4 Å². The molecule has 0 radical (unpaired) electrons. The van der Waals surface area contributed by atoms with Crippen LogP contribution in [-0.4, -0.2) is 39.2 Å². The summed E-state index contributed by atoms with van der Waals surface area (Å²) in [6.07, 6.45) is -8.08. The van der Waals surface area contributed by atoms with Crippen LogP contribution in [-0.2, 0) is 12.4 Å². The van der Waals surface area contributed by atoms with Gasteiger partial charge in [-0.15, -0.1) is 0 Å². The van der Waals surface area contributed by atoms with Crippen LogP contribution >= 0.6 is 0 Å².